The van der Waals surface area contributed by atoms with E-state index < -0.39 is 0 Å². The van der Waals surface area contributed by atoms with E-state index in [0.717, 1.165) is 15.2 Å². The van der Waals surface area contributed by atoms with Gasteiger partial charge in [0.05, 0.1) is 0 Å². The third-order valence-corrected chi connectivity index (χ3v) is 3.29. The van der Waals surface area contributed by atoms with Gasteiger partial charge in [-0.1, -0.05) is 18.2 Å². The fraction of sp³-hybridized carbons (Fsp3) is 0.111. The van der Waals surface area contributed by atoms with Crippen LogP contribution in [0.25, 0.3) is 0 Å². The summed E-state index contributed by atoms with van der Waals surface area (Å²) in [6.45, 7) is 0. The van der Waals surface area contributed by atoms with Crippen molar-refractivity contribution in [2.75, 3.05) is 12.4 Å². The smallest absolute Gasteiger partial charge is 0.206 e. The molecular formula is C9H9N3S2. The molecule has 0 atom stereocenters. The predicted molar refractivity (Wildman–Crippen MR) is 60.0 cm³/mol. The summed E-state index contributed by atoms with van der Waals surface area (Å²) in [5, 5.41) is 4.61. The molecule has 1 aromatic heterocycles. The fourth-order valence-corrected chi connectivity index (χ4v) is 2.33. The lowest BCUT2D eigenvalue weighted by molar-refractivity contribution is 1.08. The highest BCUT2D eigenvalue weighted by Crippen LogP contribution is 2.26. The van der Waals surface area contributed by atoms with Gasteiger partial charge in [0.25, 0.3) is 0 Å². The Morgan fingerprint density at radius 1 is 1.29 bits per heavy atom. The number of rotatable bonds is 3. The molecule has 0 unspecified atom stereocenters. The summed E-state index contributed by atoms with van der Waals surface area (Å²) < 4.78 is 4.21. The van der Waals surface area contributed by atoms with Crippen LogP contribution in [0.4, 0.5) is 5.13 Å². The van der Waals surface area contributed by atoms with E-state index in [0.29, 0.717) is 0 Å². The molecule has 0 spiro atoms. The average molecular weight is 223 g/mol. The zero-order valence-corrected chi connectivity index (χ0v) is 9.23. The van der Waals surface area contributed by atoms with Crippen LogP contribution < -0.4 is 5.32 Å². The summed E-state index contributed by atoms with van der Waals surface area (Å²) >= 11 is 2.95. The van der Waals surface area contributed by atoms with Crippen LogP contribution in [0.3, 0.4) is 0 Å². The molecule has 2 aromatic rings. The molecule has 0 aliphatic heterocycles. The van der Waals surface area contributed by atoms with E-state index in [2.05, 4.69) is 14.7 Å². The number of nitrogens with one attached hydrogen (secondary N) is 1. The van der Waals surface area contributed by atoms with Gasteiger partial charge in [0.15, 0.2) is 0 Å². The normalized spacial score (nSPS) is 10.1. The van der Waals surface area contributed by atoms with Crippen molar-refractivity contribution in [2.24, 2.45) is 0 Å². The van der Waals surface area contributed by atoms with Crippen molar-refractivity contribution in [3.63, 3.8) is 0 Å². The van der Waals surface area contributed by atoms with Gasteiger partial charge >= 0.3 is 0 Å². The SMILES string of the molecule is CNc1nc(Sc2ccccc2)ns1. The lowest BCUT2D eigenvalue weighted by Gasteiger charge is -1.94. The van der Waals surface area contributed by atoms with Crippen LogP contribution in [0.2, 0.25) is 0 Å². The second kappa shape index (κ2) is 4.43. The zero-order valence-electron chi connectivity index (χ0n) is 7.60. The number of anilines is 1. The minimum Gasteiger partial charge on any atom is -0.363 e. The summed E-state index contributed by atoms with van der Waals surface area (Å²) in [5.41, 5.74) is 0. The Bertz CT molecular complexity index is 399. The number of nitrogens with zero attached hydrogens (tertiary/aromatic N) is 2. The molecule has 0 radical (unpaired) electrons. The molecule has 1 heterocycles. The summed E-state index contributed by atoms with van der Waals surface area (Å²) in [6.07, 6.45) is 0. The van der Waals surface area contributed by atoms with Gasteiger partial charge in [-0.2, -0.15) is 9.36 Å². The lowest BCUT2D eigenvalue weighted by atomic mass is 10.4. The van der Waals surface area contributed by atoms with Gasteiger partial charge in [-0.25, -0.2) is 0 Å². The molecule has 5 heteroatoms. The molecule has 3 nitrogen and oxygen atoms in total. The Hall–Kier alpha value is -1.07. The van der Waals surface area contributed by atoms with E-state index in [1.165, 1.54) is 11.5 Å². The fourth-order valence-electron chi connectivity index (χ4n) is 0.947. The zero-order chi connectivity index (χ0) is 9.80. The van der Waals surface area contributed by atoms with Crippen LogP contribution >= 0.6 is 23.3 Å². The Kier molecular flexibility index (Phi) is 3.00. The van der Waals surface area contributed by atoms with E-state index in [-0.39, 0.29) is 0 Å². The molecule has 0 fully saturated rings. The summed E-state index contributed by atoms with van der Waals surface area (Å²) in [7, 11) is 1.84. The second-order valence-corrected chi connectivity index (χ2v) is 4.34. The minimum atomic E-state index is 0.797. The monoisotopic (exact) mass is 223 g/mol. The van der Waals surface area contributed by atoms with Gasteiger partial charge in [-0.15, -0.1) is 0 Å². The lowest BCUT2D eigenvalue weighted by Crippen LogP contribution is -1.85. The highest BCUT2D eigenvalue weighted by atomic mass is 32.2. The molecule has 0 aliphatic carbocycles. The maximum absolute atomic E-state index is 4.28. The highest BCUT2D eigenvalue weighted by molar-refractivity contribution is 7.99. The Morgan fingerprint density at radius 3 is 2.71 bits per heavy atom. The van der Waals surface area contributed by atoms with Crippen molar-refractivity contribution in [3.8, 4) is 0 Å². The number of benzene rings is 1. The van der Waals surface area contributed by atoms with Crippen LogP contribution in [0, 0.1) is 0 Å². The van der Waals surface area contributed by atoms with E-state index in [1.807, 2.05) is 37.4 Å². The van der Waals surface area contributed by atoms with Crippen LogP contribution in [0.15, 0.2) is 40.4 Å². The van der Waals surface area contributed by atoms with Crippen molar-refractivity contribution in [3.05, 3.63) is 30.3 Å². The first-order valence-electron chi connectivity index (χ1n) is 4.13. The molecule has 0 saturated heterocycles. The molecule has 2 rings (SSSR count). The van der Waals surface area contributed by atoms with Gasteiger partial charge in [-0.05, 0) is 23.9 Å². The molecule has 72 valence electrons. The van der Waals surface area contributed by atoms with Crippen molar-refractivity contribution < 1.29 is 0 Å². The van der Waals surface area contributed by atoms with Crippen LogP contribution in [-0.2, 0) is 0 Å². The Morgan fingerprint density at radius 2 is 2.07 bits per heavy atom. The summed E-state index contributed by atoms with van der Waals surface area (Å²) in [5.74, 6) is 0. The predicted octanol–water partition coefficient (Wildman–Crippen LogP) is 2.73. The second-order valence-electron chi connectivity index (χ2n) is 2.55. The number of hydrogen-bond donors (Lipinski definition) is 1. The number of aromatic nitrogens is 2. The molecular weight excluding hydrogens is 214 g/mol. The molecule has 0 saturated carbocycles. The van der Waals surface area contributed by atoms with Crippen LogP contribution in [0.5, 0.6) is 0 Å². The molecule has 0 bridgehead atoms. The Labute approximate surface area is 90.7 Å². The van der Waals surface area contributed by atoms with Gasteiger partial charge in [0, 0.05) is 23.5 Å². The van der Waals surface area contributed by atoms with Crippen molar-refractivity contribution in [1.29, 1.82) is 0 Å². The van der Waals surface area contributed by atoms with Gasteiger partial charge in [0.1, 0.15) is 0 Å². The molecule has 14 heavy (non-hydrogen) atoms. The molecule has 1 N–H and O–H groups in total. The third-order valence-electron chi connectivity index (χ3n) is 1.57. The Balaban J connectivity index is 2.11. The van der Waals surface area contributed by atoms with E-state index >= 15 is 0 Å². The van der Waals surface area contributed by atoms with E-state index in [4.69, 9.17) is 0 Å². The van der Waals surface area contributed by atoms with Gasteiger partial charge < -0.3 is 5.32 Å². The topological polar surface area (TPSA) is 37.8 Å². The first kappa shape index (κ1) is 9.48. The van der Waals surface area contributed by atoms with Crippen LogP contribution in [0.1, 0.15) is 0 Å². The van der Waals surface area contributed by atoms with E-state index in [1.54, 1.807) is 11.8 Å². The van der Waals surface area contributed by atoms with Gasteiger partial charge in [-0.3, -0.25) is 0 Å². The first-order chi connectivity index (χ1) is 6.88. The van der Waals surface area contributed by atoms with Crippen LogP contribution in [-0.4, -0.2) is 16.4 Å². The van der Waals surface area contributed by atoms with Crippen molar-refractivity contribution in [1.82, 2.24) is 9.36 Å². The van der Waals surface area contributed by atoms with E-state index in [9.17, 15) is 0 Å². The minimum absolute atomic E-state index is 0.797. The maximum Gasteiger partial charge on any atom is 0.206 e. The first-order valence-corrected chi connectivity index (χ1v) is 5.72. The standard InChI is InChI=1S/C9H9N3S2/c1-10-8-11-9(12-14-8)13-7-5-3-2-4-6-7/h2-6H,1H3,(H,10,11,12). The van der Waals surface area contributed by atoms with Gasteiger partial charge in [0.2, 0.25) is 10.3 Å². The summed E-state index contributed by atoms with van der Waals surface area (Å²) in [4.78, 5) is 5.44. The van der Waals surface area contributed by atoms with Crippen molar-refractivity contribution in [2.45, 2.75) is 10.1 Å². The average Bonchev–Trinajstić information content (AvgIpc) is 2.67. The summed E-state index contributed by atoms with van der Waals surface area (Å²) in [6, 6.07) is 10.1. The highest BCUT2D eigenvalue weighted by Gasteiger charge is 2.03. The third kappa shape index (κ3) is 2.24. The largest absolute Gasteiger partial charge is 0.363 e. The maximum atomic E-state index is 4.28. The quantitative estimate of drug-likeness (QED) is 0.868. The molecule has 0 aliphatic rings. The molecule has 0 amide bonds. The molecule has 1 aromatic carbocycles. The number of hydrogen-bond acceptors (Lipinski definition) is 5. The van der Waals surface area contributed by atoms with Crippen molar-refractivity contribution >= 4 is 28.4 Å².